The third kappa shape index (κ3) is 4.35. The molecule has 3 aromatic rings. The van der Waals surface area contributed by atoms with Gasteiger partial charge in [0, 0.05) is 27.5 Å². The van der Waals surface area contributed by atoms with Crippen LogP contribution in [0.2, 0.25) is 10.0 Å². The van der Waals surface area contributed by atoms with E-state index in [0.29, 0.717) is 16.6 Å². The molecule has 0 aliphatic heterocycles. The van der Waals surface area contributed by atoms with Crippen molar-refractivity contribution < 1.29 is 4.79 Å². The van der Waals surface area contributed by atoms with E-state index in [1.54, 1.807) is 0 Å². The number of amides is 1. The van der Waals surface area contributed by atoms with E-state index in [9.17, 15) is 4.79 Å². The van der Waals surface area contributed by atoms with Crippen LogP contribution in [0.15, 0.2) is 53.9 Å². The molecule has 2 aromatic carbocycles. The second-order valence-corrected chi connectivity index (χ2v) is 6.90. The normalized spacial score (nSPS) is 10.6. The van der Waals surface area contributed by atoms with Gasteiger partial charge in [-0.1, -0.05) is 53.5 Å². The Balaban J connectivity index is 1.59. The quantitative estimate of drug-likeness (QED) is 0.682. The van der Waals surface area contributed by atoms with Crippen molar-refractivity contribution in [1.82, 2.24) is 10.3 Å². The van der Waals surface area contributed by atoms with Crippen LogP contribution in [0, 0.1) is 0 Å². The van der Waals surface area contributed by atoms with Gasteiger partial charge in [0.25, 0.3) is 0 Å². The maximum atomic E-state index is 12.1. The number of nitrogens with zero attached hydrogens (tertiary/aromatic N) is 1. The highest BCUT2D eigenvalue weighted by Crippen LogP contribution is 2.25. The van der Waals surface area contributed by atoms with Crippen molar-refractivity contribution >= 4 is 40.4 Å². The van der Waals surface area contributed by atoms with Crippen LogP contribution < -0.4 is 5.32 Å². The number of thiazole rings is 1. The predicted octanol–water partition coefficient (Wildman–Crippen LogP) is 4.98. The number of aromatic nitrogens is 1. The first-order valence-electron chi connectivity index (χ1n) is 7.32. The average Bonchev–Trinajstić information content (AvgIpc) is 3.03. The molecular weight excluding hydrogens is 363 g/mol. The van der Waals surface area contributed by atoms with Gasteiger partial charge in [-0.15, -0.1) is 11.3 Å². The second-order valence-electron chi connectivity index (χ2n) is 5.20. The monoisotopic (exact) mass is 376 g/mol. The van der Waals surface area contributed by atoms with Crippen molar-refractivity contribution in [1.29, 1.82) is 0 Å². The van der Waals surface area contributed by atoms with E-state index in [4.69, 9.17) is 23.2 Å². The molecule has 0 bridgehead atoms. The maximum Gasteiger partial charge on any atom is 0.226 e. The fourth-order valence-corrected chi connectivity index (χ4v) is 3.33. The number of carbonyl (C=O) groups excluding carboxylic acids is 1. The zero-order valence-corrected chi connectivity index (χ0v) is 15.0. The van der Waals surface area contributed by atoms with Crippen LogP contribution in [-0.4, -0.2) is 10.9 Å². The number of rotatable bonds is 5. The van der Waals surface area contributed by atoms with E-state index >= 15 is 0 Å². The minimum atomic E-state index is -0.0807. The third-order valence-corrected chi connectivity index (χ3v) is 4.98. The summed E-state index contributed by atoms with van der Waals surface area (Å²) in [7, 11) is 0. The van der Waals surface area contributed by atoms with Crippen molar-refractivity contribution in [3.8, 4) is 10.6 Å². The molecule has 1 amide bonds. The second kappa shape index (κ2) is 7.79. The molecule has 1 aromatic heterocycles. The summed E-state index contributed by atoms with van der Waals surface area (Å²) in [6.45, 7) is 0.409. The predicted molar refractivity (Wildman–Crippen MR) is 99.6 cm³/mol. The molecule has 0 spiro atoms. The molecule has 0 radical (unpaired) electrons. The molecule has 0 saturated heterocycles. The Morgan fingerprint density at radius 2 is 1.83 bits per heavy atom. The van der Waals surface area contributed by atoms with Crippen LogP contribution >= 0.6 is 34.5 Å². The summed E-state index contributed by atoms with van der Waals surface area (Å²) in [5.41, 5.74) is 2.64. The van der Waals surface area contributed by atoms with Gasteiger partial charge in [-0.3, -0.25) is 4.79 Å². The van der Waals surface area contributed by atoms with Crippen LogP contribution in [-0.2, 0) is 17.8 Å². The minimum absolute atomic E-state index is 0.0807. The molecular formula is C18H14Cl2N2OS. The molecule has 0 atom stereocenters. The van der Waals surface area contributed by atoms with E-state index in [0.717, 1.165) is 21.8 Å². The van der Waals surface area contributed by atoms with Gasteiger partial charge in [-0.25, -0.2) is 4.98 Å². The fraction of sp³-hybridized carbons (Fsp3) is 0.111. The molecule has 0 unspecified atom stereocenters. The summed E-state index contributed by atoms with van der Waals surface area (Å²) in [5, 5.41) is 6.98. The Bertz CT molecular complexity index is 846. The van der Waals surface area contributed by atoms with Crippen LogP contribution in [0.3, 0.4) is 0 Å². The van der Waals surface area contributed by atoms with Crippen molar-refractivity contribution in [3.63, 3.8) is 0 Å². The standard InChI is InChI=1S/C18H14Cl2N2OS/c19-14-7-5-12(6-8-14)18-22-15(11-24-18)9-17(23)21-10-13-3-1-2-4-16(13)20/h1-8,11H,9-10H2,(H,21,23). The van der Waals surface area contributed by atoms with Crippen LogP contribution in [0.25, 0.3) is 10.6 Å². The topological polar surface area (TPSA) is 42.0 Å². The summed E-state index contributed by atoms with van der Waals surface area (Å²) in [6.07, 6.45) is 0.245. The average molecular weight is 377 g/mol. The Hall–Kier alpha value is -1.88. The molecule has 6 heteroatoms. The van der Waals surface area contributed by atoms with E-state index in [-0.39, 0.29) is 12.3 Å². The summed E-state index contributed by atoms with van der Waals surface area (Å²) < 4.78 is 0. The van der Waals surface area contributed by atoms with Gasteiger partial charge in [0.05, 0.1) is 12.1 Å². The van der Waals surface area contributed by atoms with E-state index < -0.39 is 0 Å². The summed E-state index contributed by atoms with van der Waals surface area (Å²) in [6, 6.07) is 15.0. The van der Waals surface area contributed by atoms with Crippen molar-refractivity contribution in [2.24, 2.45) is 0 Å². The number of hydrogen-bond acceptors (Lipinski definition) is 3. The maximum absolute atomic E-state index is 12.1. The number of halogens is 2. The lowest BCUT2D eigenvalue weighted by atomic mass is 10.2. The molecule has 1 N–H and O–H groups in total. The van der Waals surface area contributed by atoms with E-state index in [1.807, 2.05) is 53.9 Å². The Morgan fingerprint density at radius 3 is 2.58 bits per heavy atom. The Kier molecular flexibility index (Phi) is 5.51. The molecule has 0 saturated carbocycles. The number of hydrogen-bond donors (Lipinski definition) is 1. The van der Waals surface area contributed by atoms with Crippen LogP contribution in [0.5, 0.6) is 0 Å². The lowest BCUT2D eigenvalue weighted by molar-refractivity contribution is -0.120. The van der Waals surface area contributed by atoms with E-state index in [2.05, 4.69) is 10.3 Å². The zero-order chi connectivity index (χ0) is 16.9. The summed E-state index contributed by atoms with van der Waals surface area (Å²) in [5.74, 6) is -0.0807. The molecule has 0 fully saturated rings. The number of carbonyl (C=O) groups is 1. The largest absolute Gasteiger partial charge is 0.352 e. The molecule has 24 heavy (non-hydrogen) atoms. The summed E-state index contributed by atoms with van der Waals surface area (Å²) in [4.78, 5) is 16.6. The highest BCUT2D eigenvalue weighted by Gasteiger charge is 2.09. The summed E-state index contributed by atoms with van der Waals surface area (Å²) >= 11 is 13.5. The smallest absolute Gasteiger partial charge is 0.226 e. The van der Waals surface area contributed by atoms with Gasteiger partial charge in [0.15, 0.2) is 0 Å². The number of benzene rings is 2. The van der Waals surface area contributed by atoms with Gasteiger partial charge in [0.1, 0.15) is 5.01 Å². The molecule has 0 aliphatic rings. The molecule has 1 heterocycles. The third-order valence-electron chi connectivity index (χ3n) is 3.42. The first-order chi connectivity index (χ1) is 11.6. The highest BCUT2D eigenvalue weighted by molar-refractivity contribution is 7.13. The van der Waals surface area contributed by atoms with Crippen molar-refractivity contribution in [2.75, 3.05) is 0 Å². The zero-order valence-electron chi connectivity index (χ0n) is 12.6. The lowest BCUT2D eigenvalue weighted by Gasteiger charge is -2.06. The van der Waals surface area contributed by atoms with E-state index in [1.165, 1.54) is 11.3 Å². The van der Waals surface area contributed by atoms with Gasteiger partial charge in [-0.2, -0.15) is 0 Å². The van der Waals surface area contributed by atoms with Crippen molar-refractivity contribution in [3.05, 3.63) is 75.2 Å². The van der Waals surface area contributed by atoms with Gasteiger partial charge < -0.3 is 5.32 Å². The molecule has 3 nitrogen and oxygen atoms in total. The highest BCUT2D eigenvalue weighted by atomic mass is 35.5. The minimum Gasteiger partial charge on any atom is -0.352 e. The fourth-order valence-electron chi connectivity index (χ4n) is 2.18. The molecule has 0 aliphatic carbocycles. The van der Waals surface area contributed by atoms with Gasteiger partial charge in [-0.05, 0) is 23.8 Å². The molecule has 3 rings (SSSR count). The lowest BCUT2D eigenvalue weighted by Crippen LogP contribution is -2.24. The first kappa shape index (κ1) is 17.0. The Labute approximate surface area is 154 Å². The van der Waals surface area contributed by atoms with Crippen LogP contribution in [0.1, 0.15) is 11.3 Å². The first-order valence-corrected chi connectivity index (χ1v) is 8.96. The van der Waals surface area contributed by atoms with Crippen molar-refractivity contribution in [2.45, 2.75) is 13.0 Å². The SMILES string of the molecule is O=C(Cc1csc(-c2ccc(Cl)cc2)n1)NCc1ccccc1Cl. The van der Waals surface area contributed by atoms with Crippen LogP contribution in [0.4, 0.5) is 0 Å². The van der Waals surface area contributed by atoms with Gasteiger partial charge in [0.2, 0.25) is 5.91 Å². The van der Waals surface area contributed by atoms with Gasteiger partial charge >= 0.3 is 0 Å². The molecule has 122 valence electrons. The Morgan fingerprint density at radius 1 is 1.08 bits per heavy atom. The number of nitrogens with one attached hydrogen (secondary N) is 1.